The number of nitrogens with two attached hydrogens (primary N) is 1. The summed E-state index contributed by atoms with van der Waals surface area (Å²) >= 11 is 0. The lowest BCUT2D eigenvalue weighted by atomic mass is 9.87. The van der Waals surface area contributed by atoms with E-state index in [1.165, 1.54) is 5.56 Å². The van der Waals surface area contributed by atoms with Crippen LogP contribution in [0.2, 0.25) is 0 Å². The SMILES string of the molecule is CC(C)(C)c1cccc(Oc2ccc(N)nc2)c1. The second-order valence-corrected chi connectivity index (χ2v) is 5.30. The first-order valence-electron chi connectivity index (χ1n) is 5.95. The number of rotatable bonds is 2. The number of benzene rings is 1. The highest BCUT2D eigenvalue weighted by Crippen LogP contribution is 2.28. The maximum absolute atomic E-state index is 5.75. The minimum absolute atomic E-state index is 0.110. The number of nitrogens with zero attached hydrogens (tertiary/aromatic N) is 1. The second kappa shape index (κ2) is 4.69. The lowest BCUT2D eigenvalue weighted by molar-refractivity contribution is 0.476. The molecule has 0 radical (unpaired) electrons. The molecule has 0 aliphatic heterocycles. The predicted molar refractivity (Wildman–Crippen MR) is 73.9 cm³/mol. The summed E-state index contributed by atoms with van der Waals surface area (Å²) in [6.07, 6.45) is 1.62. The molecule has 1 heterocycles. The molecule has 0 unspecified atom stereocenters. The summed E-state index contributed by atoms with van der Waals surface area (Å²) in [5.41, 5.74) is 6.88. The van der Waals surface area contributed by atoms with Crippen LogP contribution in [-0.2, 0) is 5.41 Å². The van der Waals surface area contributed by atoms with E-state index in [9.17, 15) is 0 Å². The van der Waals surface area contributed by atoms with Gasteiger partial charge in [-0.25, -0.2) is 4.98 Å². The summed E-state index contributed by atoms with van der Waals surface area (Å²) in [5.74, 6) is 2.00. The Morgan fingerprint density at radius 1 is 1.06 bits per heavy atom. The van der Waals surface area contributed by atoms with Gasteiger partial charge in [-0.05, 0) is 35.2 Å². The van der Waals surface area contributed by atoms with Gasteiger partial charge in [0.2, 0.25) is 0 Å². The van der Waals surface area contributed by atoms with E-state index in [2.05, 4.69) is 37.9 Å². The Morgan fingerprint density at radius 2 is 1.83 bits per heavy atom. The Bertz CT molecular complexity index is 527. The molecule has 0 fully saturated rings. The fourth-order valence-corrected chi connectivity index (χ4v) is 1.61. The van der Waals surface area contributed by atoms with Crippen LogP contribution < -0.4 is 10.5 Å². The van der Waals surface area contributed by atoms with Gasteiger partial charge < -0.3 is 10.5 Å². The first-order chi connectivity index (χ1) is 8.45. The van der Waals surface area contributed by atoms with E-state index in [4.69, 9.17) is 10.5 Å². The molecule has 1 aromatic carbocycles. The van der Waals surface area contributed by atoms with Crippen LogP contribution in [0.1, 0.15) is 26.3 Å². The Labute approximate surface area is 108 Å². The Kier molecular flexibility index (Phi) is 3.24. The van der Waals surface area contributed by atoms with Gasteiger partial charge in [0.25, 0.3) is 0 Å². The molecule has 3 heteroatoms. The zero-order chi connectivity index (χ0) is 13.2. The summed E-state index contributed by atoms with van der Waals surface area (Å²) < 4.78 is 5.75. The standard InChI is InChI=1S/C15H18N2O/c1-15(2,3)11-5-4-6-12(9-11)18-13-7-8-14(16)17-10-13/h4-10H,1-3H3,(H2,16,17). The summed E-state index contributed by atoms with van der Waals surface area (Å²) in [6, 6.07) is 11.6. The van der Waals surface area contributed by atoms with E-state index >= 15 is 0 Å². The van der Waals surface area contributed by atoms with Gasteiger partial charge in [0.1, 0.15) is 17.3 Å². The molecule has 2 aromatic rings. The molecule has 0 bridgehead atoms. The lowest BCUT2D eigenvalue weighted by Gasteiger charge is -2.19. The quantitative estimate of drug-likeness (QED) is 0.872. The van der Waals surface area contributed by atoms with Crippen molar-refractivity contribution in [3.63, 3.8) is 0 Å². The molecule has 0 amide bonds. The maximum Gasteiger partial charge on any atom is 0.145 e. The van der Waals surface area contributed by atoms with Crippen molar-refractivity contribution in [3.8, 4) is 11.5 Å². The molecule has 2 N–H and O–H groups in total. The van der Waals surface area contributed by atoms with Gasteiger partial charge in [0, 0.05) is 0 Å². The minimum Gasteiger partial charge on any atom is -0.456 e. The van der Waals surface area contributed by atoms with Crippen molar-refractivity contribution in [2.75, 3.05) is 5.73 Å². The molecule has 0 saturated carbocycles. The third-order valence-corrected chi connectivity index (χ3v) is 2.69. The zero-order valence-electron chi connectivity index (χ0n) is 11.0. The number of pyridine rings is 1. The molecular weight excluding hydrogens is 224 g/mol. The smallest absolute Gasteiger partial charge is 0.145 e. The zero-order valence-corrected chi connectivity index (χ0v) is 11.0. The van der Waals surface area contributed by atoms with E-state index < -0.39 is 0 Å². The van der Waals surface area contributed by atoms with E-state index in [0.717, 1.165) is 5.75 Å². The lowest BCUT2D eigenvalue weighted by Crippen LogP contribution is -2.10. The largest absolute Gasteiger partial charge is 0.456 e. The summed E-state index contributed by atoms with van der Waals surface area (Å²) in [5, 5.41) is 0. The minimum atomic E-state index is 0.110. The fourth-order valence-electron chi connectivity index (χ4n) is 1.61. The molecule has 0 atom stereocenters. The highest BCUT2D eigenvalue weighted by atomic mass is 16.5. The third-order valence-electron chi connectivity index (χ3n) is 2.69. The van der Waals surface area contributed by atoms with Gasteiger partial charge >= 0.3 is 0 Å². The van der Waals surface area contributed by atoms with Crippen molar-refractivity contribution in [2.24, 2.45) is 0 Å². The summed E-state index contributed by atoms with van der Waals surface area (Å²) in [6.45, 7) is 6.53. The highest BCUT2D eigenvalue weighted by Gasteiger charge is 2.14. The highest BCUT2D eigenvalue weighted by molar-refractivity contribution is 5.38. The maximum atomic E-state index is 5.75. The fraction of sp³-hybridized carbons (Fsp3) is 0.267. The van der Waals surface area contributed by atoms with Crippen molar-refractivity contribution < 1.29 is 4.74 Å². The van der Waals surface area contributed by atoms with Crippen LogP contribution in [0.3, 0.4) is 0 Å². The Balaban J connectivity index is 2.22. The molecular formula is C15H18N2O. The molecule has 2 rings (SSSR count). The average molecular weight is 242 g/mol. The van der Waals surface area contributed by atoms with Crippen molar-refractivity contribution in [1.82, 2.24) is 4.98 Å². The van der Waals surface area contributed by atoms with E-state index in [1.807, 2.05) is 18.2 Å². The number of ether oxygens (including phenoxy) is 1. The molecule has 0 aliphatic carbocycles. The van der Waals surface area contributed by atoms with Crippen LogP contribution in [-0.4, -0.2) is 4.98 Å². The first kappa shape index (κ1) is 12.4. The summed E-state index contributed by atoms with van der Waals surface area (Å²) in [4.78, 5) is 4.00. The molecule has 18 heavy (non-hydrogen) atoms. The van der Waals surface area contributed by atoms with Crippen molar-refractivity contribution >= 4 is 5.82 Å². The van der Waals surface area contributed by atoms with Crippen molar-refractivity contribution in [3.05, 3.63) is 48.2 Å². The molecule has 0 saturated heterocycles. The van der Waals surface area contributed by atoms with Gasteiger partial charge in [-0.3, -0.25) is 0 Å². The molecule has 3 nitrogen and oxygen atoms in total. The van der Waals surface area contributed by atoms with E-state index in [-0.39, 0.29) is 5.41 Å². The van der Waals surface area contributed by atoms with Gasteiger partial charge in [-0.2, -0.15) is 0 Å². The van der Waals surface area contributed by atoms with Gasteiger partial charge in [0.05, 0.1) is 6.20 Å². The van der Waals surface area contributed by atoms with E-state index in [1.54, 1.807) is 12.3 Å². The molecule has 94 valence electrons. The van der Waals surface area contributed by atoms with Crippen molar-refractivity contribution in [2.45, 2.75) is 26.2 Å². The number of nitrogen functional groups attached to an aromatic ring is 1. The predicted octanol–water partition coefficient (Wildman–Crippen LogP) is 3.75. The van der Waals surface area contributed by atoms with Crippen LogP contribution in [0, 0.1) is 0 Å². The first-order valence-corrected chi connectivity index (χ1v) is 5.95. The van der Waals surface area contributed by atoms with Crippen LogP contribution >= 0.6 is 0 Å². The van der Waals surface area contributed by atoms with Gasteiger partial charge in [-0.1, -0.05) is 32.9 Å². The van der Waals surface area contributed by atoms with Crippen LogP contribution in [0.4, 0.5) is 5.82 Å². The third kappa shape index (κ3) is 3.00. The van der Waals surface area contributed by atoms with Crippen LogP contribution in [0.5, 0.6) is 11.5 Å². The monoisotopic (exact) mass is 242 g/mol. The summed E-state index contributed by atoms with van der Waals surface area (Å²) in [7, 11) is 0. The van der Waals surface area contributed by atoms with Gasteiger partial charge in [0.15, 0.2) is 0 Å². The number of aromatic nitrogens is 1. The van der Waals surface area contributed by atoms with Crippen molar-refractivity contribution in [1.29, 1.82) is 0 Å². The topological polar surface area (TPSA) is 48.1 Å². The molecule has 0 aliphatic rings. The number of anilines is 1. The van der Waals surface area contributed by atoms with Crippen LogP contribution in [0.25, 0.3) is 0 Å². The second-order valence-electron chi connectivity index (χ2n) is 5.30. The van der Waals surface area contributed by atoms with Gasteiger partial charge in [-0.15, -0.1) is 0 Å². The average Bonchev–Trinajstić information content (AvgIpc) is 2.31. The van der Waals surface area contributed by atoms with E-state index in [0.29, 0.717) is 11.6 Å². The van der Waals surface area contributed by atoms with Crippen LogP contribution in [0.15, 0.2) is 42.6 Å². The number of hydrogen-bond acceptors (Lipinski definition) is 3. The normalized spacial score (nSPS) is 11.3. The number of hydrogen-bond donors (Lipinski definition) is 1. The Hall–Kier alpha value is -2.03. The molecule has 0 spiro atoms. The molecule has 1 aromatic heterocycles. The Morgan fingerprint density at radius 3 is 2.44 bits per heavy atom.